The number of aromatic nitrogens is 1. The number of benzene rings is 2. The van der Waals surface area contributed by atoms with Crippen LogP contribution in [0.3, 0.4) is 0 Å². The van der Waals surface area contributed by atoms with Crippen LogP contribution in [-0.4, -0.2) is 10.9 Å². The Morgan fingerprint density at radius 3 is 2.29 bits per heavy atom. The van der Waals surface area contributed by atoms with Gasteiger partial charge in [-0.25, -0.2) is 4.98 Å². The van der Waals surface area contributed by atoms with Gasteiger partial charge in [-0.15, -0.1) is 0 Å². The van der Waals surface area contributed by atoms with E-state index in [2.05, 4.69) is 10.3 Å². The molecular weight excluding hydrogens is 352 g/mol. The highest BCUT2D eigenvalue weighted by molar-refractivity contribution is 6.02. The summed E-state index contributed by atoms with van der Waals surface area (Å²) in [4.78, 5) is 16.5. The van der Waals surface area contributed by atoms with E-state index in [0.29, 0.717) is 11.6 Å². The maximum Gasteiger partial charge on any atom is 0.277 e. The number of nitrogens with two attached hydrogens (primary N) is 2. The van der Waals surface area contributed by atoms with E-state index in [1.165, 1.54) is 17.4 Å². The summed E-state index contributed by atoms with van der Waals surface area (Å²) in [5, 5.41) is 2.83. The molecule has 1 amide bonds. The van der Waals surface area contributed by atoms with E-state index in [1.54, 1.807) is 0 Å². The van der Waals surface area contributed by atoms with E-state index >= 15 is 0 Å². The van der Waals surface area contributed by atoms with Gasteiger partial charge in [0.15, 0.2) is 5.69 Å². The molecule has 1 heterocycles. The number of anilines is 2. The Morgan fingerprint density at radius 2 is 1.68 bits per heavy atom. The summed E-state index contributed by atoms with van der Waals surface area (Å²) in [6, 6.07) is 15.4. The molecule has 3 rings (SSSR count). The van der Waals surface area contributed by atoms with Crippen molar-refractivity contribution in [2.45, 2.75) is 38.6 Å². The molecule has 2 aromatic carbocycles. The number of nitrogens with zero attached hydrogens (tertiary/aromatic N) is 1. The number of rotatable bonds is 8. The second-order valence-electron chi connectivity index (χ2n) is 6.86. The van der Waals surface area contributed by atoms with E-state index in [4.69, 9.17) is 15.9 Å². The molecule has 6 heteroatoms. The Labute approximate surface area is 165 Å². The van der Waals surface area contributed by atoms with Crippen LogP contribution in [0, 0.1) is 0 Å². The number of hydrogen-bond acceptors (Lipinski definition) is 5. The van der Waals surface area contributed by atoms with Gasteiger partial charge in [0, 0.05) is 11.4 Å². The van der Waals surface area contributed by atoms with Crippen LogP contribution in [0.2, 0.25) is 0 Å². The van der Waals surface area contributed by atoms with Gasteiger partial charge in [0.2, 0.25) is 5.89 Å². The van der Waals surface area contributed by atoms with Gasteiger partial charge in [0.25, 0.3) is 5.91 Å². The fourth-order valence-corrected chi connectivity index (χ4v) is 2.92. The van der Waals surface area contributed by atoms with Crippen LogP contribution in [0.25, 0.3) is 0 Å². The fourth-order valence-electron chi connectivity index (χ4n) is 2.92. The lowest BCUT2D eigenvalue weighted by atomic mass is 10.0. The van der Waals surface area contributed by atoms with Crippen molar-refractivity contribution in [3.8, 4) is 0 Å². The Balaban J connectivity index is 1.55. The molecule has 0 saturated heterocycles. The van der Waals surface area contributed by atoms with Crippen LogP contribution in [-0.2, 0) is 12.8 Å². The first-order valence-corrected chi connectivity index (χ1v) is 9.51. The van der Waals surface area contributed by atoms with Crippen LogP contribution in [0.15, 0.2) is 59.2 Å². The van der Waals surface area contributed by atoms with Crippen LogP contribution < -0.4 is 16.8 Å². The largest absolute Gasteiger partial charge is 0.446 e. The highest BCUT2D eigenvalue weighted by Gasteiger charge is 2.16. The highest BCUT2D eigenvalue weighted by atomic mass is 16.3. The molecule has 6 nitrogen and oxygen atoms in total. The number of hydrogen-bond donors (Lipinski definition) is 3. The number of amides is 1. The number of aryl methyl sites for hydroxylation is 2. The quantitative estimate of drug-likeness (QED) is 0.512. The molecule has 0 fully saturated rings. The summed E-state index contributed by atoms with van der Waals surface area (Å²) < 4.78 is 5.33. The zero-order chi connectivity index (χ0) is 19.9. The van der Waals surface area contributed by atoms with Gasteiger partial charge in [-0.1, -0.05) is 37.6 Å². The molecule has 0 saturated carbocycles. The summed E-state index contributed by atoms with van der Waals surface area (Å²) >= 11 is 0. The first-order chi connectivity index (χ1) is 13.5. The topological polar surface area (TPSA) is 107 Å². The SMILES string of the molecule is CCCC(N)c1nc(C(=O)Nc2ccc(CCc3ccc(N)cc3)cc2)co1. The van der Waals surface area contributed by atoms with Crippen LogP contribution in [0.5, 0.6) is 0 Å². The number of nitrogens with one attached hydrogen (secondary N) is 1. The molecule has 0 radical (unpaired) electrons. The van der Waals surface area contributed by atoms with E-state index in [-0.39, 0.29) is 17.6 Å². The van der Waals surface area contributed by atoms with E-state index in [9.17, 15) is 4.79 Å². The number of nitrogen functional groups attached to an aromatic ring is 1. The van der Waals surface area contributed by atoms with Crippen molar-refractivity contribution >= 4 is 17.3 Å². The molecule has 0 aliphatic heterocycles. The molecule has 0 aliphatic carbocycles. The average Bonchev–Trinajstić information content (AvgIpc) is 3.19. The first-order valence-electron chi connectivity index (χ1n) is 9.51. The second kappa shape index (κ2) is 9.19. The van der Waals surface area contributed by atoms with E-state index < -0.39 is 0 Å². The van der Waals surface area contributed by atoms with Crippen molar-refractivity contribution in [3.63, 3.8) is 0 Å². The average molecular weight is 378 g/mol. The molecule has 0 bridgehead atoms. The molecule has 0 aliphatic rings. The predicted octanol–water partition coefficient (Wildman–Crippen LogP) is 4.09. The zero-order valence-electron chi connectivity index (χ0n) is 16.0. The summed E-state index contributed by atoms with van der Waals surface area (Å²) in [5.41, 5.74) is 15.8. The van der Waals surface area contributed by atoms with Crippen molar-refractivity contribution in [2.75, 3.05) is 11.1 Å². The Hall–Kier alpha value is -3.12. The minimum atomic E-state index is -0.312. The molecule has 3 aromatic rings. The molecule has 1 aromatic heterocycles. The highest BCUT2D eigenvalue weighted by Crippen LogP contribution is 2.17. The third-order valence-electron chi connectivity index (χ3n) is 4.57. The van der Waals surface area contributed by atoms with Crippen molar-refractivity contribution in [1.29, 1.82) is 0 Å². The van der Waals surface area contributed by atoms with Crippen LogP contribution >= 0.6 is 0 Å². The molecule has 1 unspecified atom stereocenters. The van der Waals surface area contributed by atoms with Crippen molar-refractivity contribution < 1.29 is 9.21 Å². The summed E-state index contributed by atoms with van der Waals surface area (Å²) in [7, 11) is 0. The molecule has 5 N–H and O–H groups in total. The smallest absolute Gasteiger partial charge is 0.277 e. The van der Waals surface area contributed by atoms with Gasteiger partial charge in [0.05, 0.1) is 6.04 Å². The summed E-state index contributed by atoms with van der Waals surface area (Å²) in [5.74, 6) is 0.0818. The van der Waals surface area contributed by atoms with Crippen molar-refractivity contribution in [2.24, 2.45) is 5.73 Å². The monoisotopic (exact) mass is 378 g/mol. The van der Waals surface area contributed by atoms with Crippen molar-refractivity contribution in [3.05, 3.63) is 77.5 Å². The summed E-state index contributed by atoms with van der Waals surface area (Å²) in [6.07, 6.45) is 4.89. The Bertz CT molecular complexity index is 901. The van der Waals surface area contributed by atoms with Gasteiger partial charge in [0.1, 0.15) is 6.26 Å². The second-order valence-corrected chi connectivity index (χ2v) is 6.86. The minimum absolute atomic E-state index is 0.231. The third-order valence-corrected chi connectivity index (χ3v) is 4.57. The lowest BCUT2D eigenvalue weighted by Gasteiger charge is -2.06. The maximum absolute atomic E-state index is 12.3. The van der Waals surface area contributed by atoms with E-state index in [1.807, 2.05) is 55.5 Å². The van der Waals surface area contributed by atoms with Gasteiger partial charge in [-0.3, -0.25) is 4.79 Å². The number of carbonyl (C=O) groups is 1. The standard InChI is InChI=1S/C22H26N4O2/c1-2-3-19(24)22-26-20(14-28-22)21(27)25-18-12-8-16(9-13-18)5-4-15-6-10-17(23)11-7-15/h6-14,19H,2-5,23-24H2,1H3,(H,25,27). The Kier molecular flexibility index (Phi) is 6.45. The van der Waals surface area contributed by atoms with Gasteiger partial charge >= 0.3 is 0 Å². The number of oxazole rings is 1. The van der Waals surface area contributed by atoms with Crippen molar-refractivity contribution in [1.82, 2.24) is 4.98 Å². The molecule has 0 spiro atoms. The maximum atomic E-state index is 12.3. The molecule has 1 atom stereocenters. The molecule has 28 heavy (non-hydrogen) atoms. The normalized spacial score (nSPS) is 11.9. The Morgan fingerprint density at radius 1 is 1.07 bits per heavy atom. The number of carbonyl (C=O) groups excluding carboxylic acids is 1. The van der Waals surface area contributed by atoms with Gasteiger partial charge in [-0.05, 0) is 54.7 Å². The summed E-state index contributed by atoms with van der Waals surface area (Å²) in [6.45, 7) is 2.04. The van der Waals surface area contributed by atoms with Gasteiger partial charge < -0.3 is 21.2 Å². The van der Waals surface area contributed by atoms with Crippen LogP contribution in [0.4, 0.5) is 11.4 Å². The van der Waals surface area contributed by atoms with Crippen LogP contribution in [0.1, 0.15) is 53.3 Å². The van der Waals surface area contributed by atoms with Gasteiger partial charge in [-0.2, -0.15) is 0 Å². The molecular formula is C22H26N4O2. The lowest BCUT2D eigenvalue weighted by molar-refractivity contribution is 0.102. The minimum Gasteiger partial charge on any atom is -0.446 e. The first kappa shape index (κ1) is 19.6. The molecule has 146 valence electrons. The third kappa shape index (κ3) is 5.20. The van der Waals surface area contributed by atoms with E-state index in [0.717, 1.165) is 31.4 Å². The lowest BCUT2D eigenvalue weighted by Crippen LogP contribution is -2.14. The predicted molar refractivity (Wildman–Crippen MR) is 111 cm³/mol. The fraction of sp³-hybridized carbons (Fsp3) is 0.273. The zero-order valence-corrected chi connectivity index (χ0v) is 16.0.